The summed E-state index contributed by atoms with van der Waals surface area (Å²) < 4.78 is 0. The van der Waals surface area contributed by atoms with Gasteiger partial charge in [-0.2, -0.15) is 0 Å². The van der Waals surface area contributed by atoms with Crippen LogP contribution in [0.2, 0.25) is 0 Å². The highest BCUT2D eigenvalue weighted by Crippen LogP contribution is 2.33. The van der Waals surface area contributed by atoms with Crippen LogP contribution in [-0.2, 0) is 6.54 Å². The zero-order chi connectivity index (χ0) is 26.9. The number of carbonyl (C=O) groups excluding carboxylic acids is 1. The Bertz CT molecular complexity index is 1330. The van der Waals surface area contributed by atoms with Crippen molar-refractivity contribution in [2.45, 2.75) is 75.9 Å². The van der Waals surface area contributed by atoms with Crippen LogP contribution in [0.4, 0.5) is 17.3 Å². The summed E-state index contributed by atoms with van der Waals surface area (Å²) in [5, 5.41) is 3.47. The summed E-state index contributed by atoms with van der Waals surface area (Å²) in [5.41, 5.74) is 4.48. The molecule has 1 aromatic heterocycles. The van der Waals surface area contributed by atoms with Gasteiger partial charge >= 0.3 is 0 Å². The van der Waals surface area contributed by atoms with E-state index in [1.807, 2.05) is 29.3 Å². The lowest BCUT2D eigenvalue weighted by molar-refractivity contribution is 0.0685. The lowest BCUT2D eigenvalue weighted by Crippen LogP contribution is -2.48. The van der Waals surface area contributed by atoms with E-state index in [4.69, 9.17) is 4.98 Å². The molecule has 1 amide bonds. The highest BCUT2D eigenvalue weighted by molar-refractivity contribution is 5.98. The Morgan fingerprint density at radius 3 is 2.38 bits per heavy atom. The van der Waals surface area contributed by atoms with Crippen molar-refractivity contribution in [2.75, 3.05) is 36.4 Å². The number of rotatable bonds is 6. The number of carbonyl (C=O) groups is 1. The first-order valence-corrected chi connectivity index (χ1v) is 15.3. The lowest BCUT2D eigenvalue weighted by atomic mass is 9.88. The Kier molecular flexibility index (Phi) is 7.14. The van der Waals surface area contributed by atoms with Crippen molar-refractivity contribution in [3.63, 3.8) is 0 Å². The van der Waals surface area contributed by atoms with Crippen LogP contribution < -0.4 is 10.2 Å². The van der Waals surface area contributed by atoms with Crippen molar-refractivity contribution >= 4 is 23.2 Å². The molecule has 7 heteroatoms. The highest BCUT2D eigenvalue weighted by atomic mass is 16.2. The van der Waals surface area contributed by atoms with Gasteiger partial charge < -0.3 is 20.0 Å². The maximum Gasteiger partial charge on any atom is 0.254 e. The fourth-order valence-corrected chi connectivity index (χ4v) is 7.41. The molecule has 7 nitrogen and oxygen atoms in total. The normalized spacial score (nSPS) is 22.6. The van der Waals surface area contributed by atoms with Gasteiger partial charge in [0.1, 0.15) is 5.82 Å². The molecule has 0 radical (unpaired) electrons. The first kappa shape index (κ1) is 25.5. The summed E-state index contributed by atoms with van der Waals surface area (Å²) in [5.74, 6) is 2.44. The predicted molar refractivity (Wildman–Crippen MR) is 159 cm³/mol. The summed E-state index contributed by atoms with van der Waals surface area (Å²) in [6, 6.07) is 18.0. The highest BCUT2D eigenvalue weighted by Gasteiger charge is 2.35. The molecule has 0 unspecified atom stereocenters. The molecule has 1 aliphatic carbocycles. The van der Waals surface area contributed by atoms with Gasteiger partial charge in [-0.15, -0.1) is 0 Å². The Balaban J connectivity index is 0.965. The third kappa shape index (κ3) is 5.19. The van der Waals surface area contributed by atoms with E-state index in [-0.39, 0.29) is 11.9 Å². The summed E-state index contributed by atoms with van der Waals surface area (Å²) >= 11 is 0. The number of amides is 1. The number of anilines is 3. The van der Waals surface area contributed by atoms with Gasteiger partial charge in [0, 0.05) is 43.0 Å². The van der Waals surface area contributed by atoms with Crippen molar-refractivity contribution in [1.29, 1.82) is 0 Å². The standard InChI is InChI=1S/C33H40N6O/c40-33-30-10-4-1-6-26(30)22-39(33)29-9-5-17-38(23-29)32-21-34-20-31(36-32)35-27-13-11-24(12-14-27)25-15-18-37(19-16-25)28-7-2-3-8-28/h1,4,6,10-14,20-21,25,28-29H,2-3,5,7-9,15-19,22-23H2,(H,35,36)/t29-/m1/s1. The van der Waals surface area contributed by atoms with Crippen molar-refractivity contribution in [3.8, 4) is 0 Å². The maximum atomic E-state index is 13.1. The van der Waals surface area contributed by atoms with E-state index in [0.717, 1.165) is 60.4 Å². The third-order valence-corrected chi connectivity index (χ3v) is 9.66. The van der Waals surface area contributed by atoms with Crippen molar-refractivity contribution < 1.29 is 4.79 Å². The van der Waals surface area contributed by atoms with Crippen LogP contribution in [0, 0.1) is 0 Å². The predicted octanol–water partition coefficient (Wildman–Crippen LogP) is 5.97. The summed E-state index contributed by atoms with van der Waals surface area (Å²) in [6.07, 6.45) is 13.9. The topological polar surface area (TPSA) is 64.6 Å². The Labute approximate surface area is 237 Å². The number of fused-ring (bicyclic) bond motifs is 1. The van der Waals surface area contributed by atoms with Crippen molar-refractivity contribution in [3.05, 3.63) is 77.6 Å². The minimum atomic E-state index is 0.159. The molecule has 40 heavy (non-hydrogen) atoms. The second kappa shape index (κ2) is 11.2. The van der Waals surface area contributed by atoms with Crippen LogP contribution in [0.5, 0.6) is 0 Å². The summed E-state index contributed by atoms with van der Waals surface area (Å²) in [7, 11) is 0. The van der Waals surface area contributed by atoms with Gasteiger partial charge in [0.2, 0.25) is 0 Å². The van der Waals surface area contributed by atoms with Gasteiger partial charge in [-0.25, -0.2) is 4.98 Å². The SMILES string of the molecule is O=C1c2ccccc2CN1[C@@H]1CCCN(c2cncc(Nc3ccc(C4CCN(C5CCCC5)CC4)cc3)n2)C1. The molecule has 7 rings (SSSR count). The molecule has 2 saturated heterocycles. The van der Waals surface area contributed by atoms with Crippen LogP contribution in [0.15, 0.2) is 60.9 Å². The second-order valence-corrected chi connectivity index (χ2v) is 12.1. The van der Waals surface area contributed by atoms with Crippen LogP contribution in [-0.4, -0.2) is 63.9 Å². The number of nitrogens with one attached hydrogen (secondary N) is 1. The van der Waals surface area contributed by atoms with Crippen LogP contribution in [0.1, 0.15) is 78.8 Å². The Morgan fingerprint density at radius 1 is 0.800 bits per heavy atom. The van der Waals surface area contributed by atoms with E-state index in [2.05, 4.69) is 50.4 Å². The average Bonchev–Trinajstić information content (AvgIpc) is 3.67. The summed E-state index contributed by atoms with van der Waals surface area (Å²) in [4.78, 5) is 29.6. The molecule has 2 aromatic carbocycles. The lowest BCUT2D eigenvalue weighted by Gasteiger charge is -2.38. The number of likely N-dealkylation sites (tertiary alicyclic amines) is 1. The quantitative estimate of drug-likeness (QED) is 0.419. The molecule has 1 N–H and O–H groups in total. The monoisotopic (exact) mass is 536 g/mol. The number of benzene rings is 2. The van der Waals surface area contributed by atoms with Crippen LogP contribution >= 0.6 is 0 Å². The van der Waals surface area contributed by atoms with E-state index in [9.17, 15) is 4.79 Å². The number of piperidine rings is 2. The van der Waals surface area contributed by atoms with E-state index in [0.29, 0.717) is 12.5 Å². The maximum absolute atomic E-state index is 13.1. The van der Waals surface area contributed by atoms with Gasteiger partial charge in [-0.3, -0.25) is 9.78 Å². The molecule has 4 aliphatic rings. The fraction of sp³-hybridized carbons (Fsp3) is 0.485. The van der Waals surface area contributed by atoms with Crippen LogP contribution in [0.25, 0.3) is 0 Å². The Morgan fingerprint density at radius 2 is 1.57 bits per heavy atom. The largest absolute Gasteiger partial charge is 0.353 e. The van der Waals surface area contributed by atoms with Gasteiger partial charge in [0.25, 0.3) is 5.91 Å². The van der Waals surface area contributed by atoms with Crippen molar-refractivity contribution in [1.82, 2.24) is 19.8 Å². The molecule has 3 aromatic rings. The van der Waals surface area contributed by atoms with Gasteiger partial charge in [0.05, 0.1) is 12.4 Å². The van der Waals surface area contributed by atoms with E-state index in [1.54, 1.807) is 6.20 Å². The first-order valence-electron chi connectivity index (χ1n) is 15.3. The zero-order valence-electron chi connectivity index (χ0n) is 23.3. The second-order valence-electron chi connectivity index (χ2n) is 12.1. The molecule has 3 aliphatic heterocycles. The molecule has 0 spiro atoms. The Hall–Kier alpha value is -3.45. The molecular weight excluding hydrogens is 496 g/mol. The number of hydrogen-bond acceptors (Lipinski definition) is 6. The molecular formula is C33H40N6O. The molecule has 208 valence electrons. The molecule has 1 atom stereocenters. The molecule has 0 bridgehead atoms. The number of nitrogens with zero attached hydrogens (tertiary/aromatic N) is 5. The fourth-order valence-electron chi connectivity index (χ4n) is 7.41. The molecule has 4 heterocycles. The van der Waals surface area contributed by atoms with E-state index >= 15 is 0 Å². The minimum absolute atomic E-state index is 0.159. The third-order valence-electron chi connectivity index (χ3n) is 9.66. The van der Waals surface area contributed by atoms with Gasteiger partial charge in [-0.1, -0.05) is 43.2 Å². The smallest absolute Gasteiger partial charge is 0.254 e. The molecule has 1 saturated carbocycles. The minimum Gasteiger partial charge on any atom is -0.353 e. The van der Waals surface area contributed by atoms with Gasteiger partial charge in [0.15, 0.2) is 5.82 Å². The number of aromatic nitrogens is 2. The van der Waals surface area contributed by atoms with Crippen LogP contribution in [0.3, 0.4) is 0 Å². The summed E-state index contributed by atoms with van der Waals surface area (Å²) in [6.45, 7) is 4.91. The average molecular weight is 537 g/mol. The first-order chi connectivity index (χ1) is 19.7. The van der Waals surface area contributed by atoms with Crippen molar-refractivity contribution in [2.24, 2.45) is 0 Å². The van der Waals surface area contributed by atoms with Gasteiger partial charge in [-0.05, 0) is 86.9 Å². The van der Waals surface area contributed by atoms with E-state index < -0.39 is 0 Å². The number of hydrogen-bond donors (Lipinski definition) is 1. The zero-order valence-corrected chi connectivity index (χ0v) is 23.3. The molecule has 3 fully saturated rings. The van der Waals surface area contributed by atoms with E-state index in [1.165, 1.54) is 57.2 Å².